The molecule has 0 unspecified atom stereocenters. The van der Waals surface area contributed by atoms with Crippen molar-refractivity contribution in [1.82, 2.24) is 0 Å². The largest absolute Gasteiger partial charge is 0.394 e. The van der Waals surface area contributed by atoms with Crippen molar-refractivity contribution in [3.8, 4) is 0 Å². The summed E-state index contributed by atoms with van der Waals surface area (Å²) < 4.78 is 11.0. The first kappa shape index (κ1) is 26.6. The topological polar surface area (TPSA) is 79.2 Å². The molecule has 29 heavy (non-hydrogen) atoms. The van der Waals surface area contributed by atoms with Gasteiger partial charge in [0.25, 0.3) is 0 Å². The van der Waals surface area contributed by atoms with E-state index >= 15 is 0 Å². The third kappa shape index (κ3) is 12.7. The number of hydrogen-bond donors (Lipinski definition) is 3. The molecule has 1 aliphatic heterocycles. The van der Waals surface area contributed by atoms with Gasteiger partial charge >= 0.3 is 0 Å². The van der Waals surface area contributed by atoms with Crippen LogP contribution in [0.25, 0.3) is 0 Å². The van der Waals surface area contributed by atoms with Gasteiger partial charge in [-0.25, -0.2) is 0 Å². The zero-order chi connectivity index (χ0) is 21.2. The Morgan fingerprint density at radius 2 is 1.45 bits per heavy atom. The Bertz CT molecular complexity index is 387. The first-order valence-electron chi connectivity index (χ1n) is 12.1. The van der Waals surface area contributed by atoms with Crippen LogP contribution in [0.1, 0.15) is 96.8 Å². The quantitative estimate of drug-likeness (QED) is 0.214. The van der Waals surface area contributed by atoms with Gasteiger partial charge in [-0.1, -0.05) is 76.9 Å². The van der Waals surface area contributed by atoms with Gasteiger partial charge in [0.1, 0.15) is 24.4 Å². The van der Waals surface area contributed by atoms with Crippen molar-refractivity contribution in [2.24, 2.45) is 0 Å². The maximum Gasteiger partial charge on any atom is 0.114 e. The molecule has 172 valence electrons. The van der Waals surface area contributed by atoms with E-state index in [4.69, 9.17) is 14.6 Å². The number of aliphatic hydroxyl groups is 3. The van der Waals surface area contributed by atoms with Gasteiger partial charge in [0, 0.05) is 6.61 Å². The van der Waals surface area contributed by atoms with Crippen LogP contribution in [0.3, 0.4) is 0 Å². The maximum atomic E-state index is 9.89. The number of aliphatic hydroxyl groups excluding tert-OH is 3. The first-order chi connectivity index (χ1) is 14.2. The zero-order valence-corrected chi connectivity index (χ0v) is 18.6. The van der Waals surface area contributed by atoms with E-state index in [1.807, 2.05) is 0 Å². The molecule has 4 atom stereocenters. The summed E-state index contributed by atoms with van der Waals surface area (Å²) in [5.41, 5.74) is 0. The summed E-state index contributed by atoms with van der Waals surface area (Å²) in [5.74, 6) is 0. The smallest absolute Gasteiger partial charge is 0.114 e. The number of ether oxygens (including phenoxy) is 2. The Kier molecular flexibility index (Phi) is 16.8. The lowest BCUT2D eigenvalue weighted by Crippen LogP contribution is -2.42. The fourth-order valence-electron chi connectivity index (χ4n) is 3.83. The number of allylic oxidation sites excluding steroid dienone is 2. The molecule has 1 fully saturated rings. The number of hydrogen-bond acceptors (Lipinski definition) is 5. The van der Waals surface area contributed by atoms with Gasteiger partial charge in [-0.15, -0.1) is 0 Å². The minimum Gasteiger partial charge on any atom is -0.394 e. The van der Waals surface area contributed by atoms with Gasteiger partial charge in [-0.2, -0.15) is 0 Å². The Balaban J connectivity index is 1.87. The molecule has 0 bridgehead atoms. The summed E-state index contributed by atoms with van der Waals surface area (Å²) in [7, 11) is 0. The fraction of sp³-hybridized carbons (Fsp3) is 0.917. The predicted octanol–water partition coefficient (Wildman–Crippen LogP) is 4.52. The molecule has 0 amide bonds. The monoisotopic (exact) mass is 414 g/mol. The Labute approximate surface area is 178 Å². The van der Waals surface area contributed by atoms with E-state index in [1.165, 1.54) is 77.0 Å². The lowest BCUT2D eigenvalue weighted by molar-refractivity contribution is -0.0938. The third-order valence-electron chi connectivity index (χ3n) is 5.70. The van der Waals surface area contributed by atoms with E-state index in [0.29, 0.717) is 6.61 Å². The Morgan fingerprint density at radius 3 is 2.03 bits per heavy atom. The molecular weight excluding hydrogens is 368 g/mol. The normalized spacial score (nSPS) is 23.2. The molecule has 1 aliphatic rings. The van der Waals surface area contributed by atoms with Gasteiger partial charge < -0.3 is 24.8 Å². The average Bonchev–Trinajstić information content (AvgIpc) is 3.10. The maximum absolute atomic E-state index is 9.89. The van der Waals surface area contributed by atoms with E-state index in [2.05, 4.69) is 19.1 Å². The standard InChI is InChI=1S/C24H46O5/c1-2-3-4-5-6-7-8-9-10-11-12-13-14-15-16-17-18-28-24-22(27)20-29-23(24)21(26)19-25/h9-10,21-27H,2-8,11-20H2,1H3/b10-9+/t21-,22+,23-,24-/m1/s1. The van der Waals surface area contributed by atoms with Crippen molar-refractivity contribution < 1.29 is 24.8 Å². The molecule has 0 saturated carbocycles. The second-order valence-corrected chi connectivity index (χ2v) is 8.39. The van der Waals surface area contributed by atoms with Crippen molar-refractivity contribution >= 4 is 0 Å². The van der Waals surface area contributed by atoms with Crippen LogP contribution < -0.4 is 0 Å². The SMILES string of the molecule is CCCCCCCC/C=C/CCCCCCCCO[C@H]1[C@@H]([C@H](O)CO)OC[C@@H]1O. The molecule has 1 heterocycles. The second-order valence-electron chi connectivity index (χ2n) is 8.39. The van der Waals surface area contributed by atoms with Crippen molar-refractivity contribution in [3.63, 3.8) is 0 Å². The molecule has 1 rings (SSSR count). The number of rotatable bonds is 19. The number of unbranched alkanes of at least 4 members (excludes halogenated alkanes) is 12. The highest BCUT2D eigenvalue weighted by atomic mass is 16.6. The van der Waals surface area contributed by atoms with Crippen molar-refractivity contribution in [2.75, 3.05) is 19.8 Å². The van der Waals surface area contributed by atoms with Crippen LogP contribution in [-0.2, 0) is 9.47 Å². The van der Waals surface area contributed by atoms with Gasteiger partial charge in [0.15, 0.2) is 0 Å². The van der Waals surface area contributed by atoms with Crippen LogP contribution >= 0.6 is 0 Å². The van der Waals surface area contributed by atoms with E-state index in [0.717, 1.165) is 12.8 Å². The van der Waals surface area contributed by atoms with Crippen LogP contribution in [0.4, 0.5) is 0 Å². The third-order valence-corrected chi connectivity index (χ3v) is 5.70. The molecule has 1 saturated heterocycles. The highest BCUT2D eigenvalue weighted by Gasteiger charge is 2.40. The van der Waals surface area contributed by atoms with Gasteiger partial charge in [-0.05, 0) is 32.1 Å². The first-order valence-corrected chi connectivity index (χ1v) is 12.1. The van der Waals surface area contributed by atoms with E-state index in [1.54, 1.807) is 0 Å². The summed E-state index contributed by atoms with van der Waals surface area (Å²) in [6.45, 7) is 2.59. The van der Waals surface area contributed by atoms with Crippen LogP contribution in [0, 0.1) is 0 Å². The molecule has 0 aromatic rings. The van der Waals surface area contributed by atoms with E-state index in [9.17, 15) is 10.2 Å². The van der Waals surface area contributed by atoms with Gasteiger partial charge in [-0.3, -0.25) is 0 Å². The van der Waals surface area contributed by atoms with Crippen molar-refractivity contribution in [3.05, 3.63) is 12.2 Å². The van der Waals surface area contributed by atoms with E-state index < -0.39 is 24.4 Å². The summed E-state index contributed by atoms with van der Waals surface area (Å²) in [6, 6.07) is 0. The molecular formula is C24H46O5. The minimum absolute atomic E-state index is 0.153. The molecule has 0 radical (unpaired) electrons. The summed E-state index contributed by atoms with van der Waals surface area (Å²) >= 11 is 0. The van der Waals surface area contributed by atoms with Crippen LogP contribution in [-0.4, -0.2) is 59.6 Å². The summed E-state index contributed by atoms with van der Waals surface area (Å²) in [5, 5.41) is 28.7. The highest BCUT2D eigenvalue weighted by Crippen LogP contribution is 2.21. The predicted molar refractivity (Wildman–Crippen MR) is 118 cm³/mol. The molecule has 0 spiro atoms. The highest BCUT2D eigenvalue weighted by molar-refractivity contribution is 4.89. The molecule has 0 aliphatic carbocycles. The van der Waals surface area contributed by atoms with Crippen LogP contribution in [0.5, 0.6) is 0 Å². The zero-order valence-electron chi connectivity index (χ0n) is 18.6. The molecule has 5 nitrogen and oxygen atoms in total. The summed E-state index contributed by atoms with van der Waals surface area (Å²) in [4.78, 5) is 0. The minimum atomic E-state index is -1.00. The van der Waals surface area contributed by atoms with E-state index in [-0.39, 0.29) is 13.2 Å². The van der Waals surface area contributed by atoms with Crippen LogP contribution in [0.2, 0.25) is 0 Å². The lowest BCUT2D eigenvalue weighted by atomic mass is 10.1. The van der Waals surface area contributed by atoms with Crippen LogP contribution in [0.15, 0.2) is 12.2 Å². The fourth-order valence-corrected chi connectivity index (χ4v) is 3.83. The summed E-state index contributed by atoms with van der Waals surface area (Å²) in [6.07, 6.45) is 19.5. The lowest BCUT2D eigenvalue weighted by Gasteiger charge is -2.23. The second kappa shape index (κ2) is 18.3. The van der Waals surface area contributed by atoms with Gasteiger partial charge in [0.05, 0.1) is 13.2 Å². The van der Waals surface area contributed by atoms with Gasteiger partial charge in [0.2, 0.25) is 0 Å². The average molecular weight is 415 g/mol. The van der Waals surface area contributed by atoms with Crippen molar-refractivity contribution in [1.29, 1.82) is 0 Å². The van der Waals surface area contributed by atoms with Crippen molar-refractivity contribution in [2.45, 2.75) is 121 Å². The molecule has 3 N–H and O–H groups in total. The Morgan fingerprint density at radius 1 is 0.897 bits per heavy atom. The molecule has 0 aromatic carbocycles. The Hall–Kier alpha value is -0.460. The molecule has 0 aromatic heterocycles. The molecule has 5 heteroatoms.